The van der Waals surface area contributed by atoms with E-state index in [0.29, 0.717) is 12.1 Å². The third-order valence-corrected chi connectivity index (χ3v) is 5.13. The number of aromatic nitrogens is 2. The Hall–Kier alpha value is -1.70. The number of rotatable bonds is 7. The number of hydrogen-bond acceptors (Lipinski definition) is 5. The summed E-state index contributed by atoms with van der Waals surface area (Å²) in [5, 5.41) is 0.106. The average molecular weight is 388 g/mol. The molecule has 0 fully saturated rings. The van der Waals surface area contributed by atoms with Gasteiger partial charge >= 0.3 is 0 Å². The zero-order valence-corrected chi connectivity index (χ0v) is 15.1. The van der Waals surface area contributed by atoms with Gasteiger partial charge in [-0.25, -0.2) is 18.4 Å². The minimum atomic E-state index is -3.50. The summed E-state index contributed by atoms with van der Waals surface area (Å²) in [7, 11) is -3.50. The zero-order valence-electron chi connectivity index (χ0n) is 12.8. The second kappa shape index (κ2) is 7.92. The zero-order chi connectivity index (χ0) is 17.7. The molecular weight excluding hydrogens is 373 g/mol. The van der Waals surface area contributed by atoms with Gasteiger partial charge in [-0.3, -0.25) is 9.52 Å². The van der Waals surface area contributed by atoms with Gasteiger partial charge in [-0.15, -0.1) is 0 Å². The standard InChI is InChI=1S/C15H15Cl2N3O3S/c1-2-8-24(22,23)20-12-5-3-4-11(14(12)16)13(21)9-10-6-7-18-15(17)19-10/h3-7,20H,2,8-9H2,1H3. The number of Topliss-reactive ketones (excluding diaryl/α,β-unsaturated/α-hetero) is 1. The molecule has 2 rings (SSSR count). The maximum Gasteiger partial charge on any atom is 0.232 e. The van der Waals surface area contributed by atoms with Crippen LogP contribution in [0.15, 0.2) is 30.5 Å². The van der Waals surface area contributed by atoms with Gasteiger partial charge in [0.2, 0.25) is 15.3 Å². The van der Waals surface area contributed by atoms with Crippen molar-refractivity contribution in [3.05, 3.63) is 52.0 Å². The smallest absolute Gasteiger partial charge is 0.232 e. The molecule has 2 aromatic rings. The molecule has 6 nitrogen and oxygen atoms in total. The fourth-order valence-electron chi connectivity index (χ4n) is 2.04. The normalized spacial score (nSPS) is 11.3. The molecule has 0 amide bonds. The molecule has 0 radical (unpaired) electrons. The van der Waals surface area contributed by atoms with Crippen LogP contribution >= 0.6 is 23.2 Å². The summed E-state index contributed by atoms with van der Waals surface area (Å²) in [6.07, 6.45) is 1.90. The molecule has 24 heavy (non-hydrogen) atoms. The van der Waals surface area contributed by atoms with E-state index in [1.165, 1.54) is 18.3 Å². The van der Waals surface area contributed by atoms with Crippen LogP contribution in [0.4, 0.5) is 5.69 Å². The van der Waals surface area contributed by atoms with Crippen LogP contribution in [-0.2, 0) is 16.4 Å². The van der Waals surface area contributed by atoms with Gasteiger partial charge in [0.15, 0.2) is 5.78 Å². The van der Waals surface area contributed by atoms with E-state index < -0.39 is 10.0 Å². The molecule has 1 N–H and O–H groups in total. The van der Waals surface area contributed by atoms with E-state index in [-0.39, 0.29) is 39.5 Å². The van der Waals surface area contributed by atoms with Crippen LogP contribution in [0.2, 0.25) is 10.3 Å². The van der Waals surface area contributed by atoms with E-state index in [9.17, 15) is 13.2 Å². The largest absolute Gasteiger partial charge is 0.294 e. The first kappa shape index (κ1) is 18.6. The molecule has 1 heterocycles. The number of anilines is 1. The van der Waals surface area contributed by atoms with Crippen molar-refractivity contribution in [2.24, 2.45) is 0 Å². The molecule has 0 bridgehead atoms. The third kappa shape index (κ3) is 4.90. The highest BCUT2D eigenvalue weighted by Gasteiger charge is 2.17. The first-order valence-corrected chi connectivity index (χ1v) is 9.53. The fourth-order valence-corrected chi connectivity index (χ4v) is 3.69. The first-order valence-electron chi connectivity index (χ1n) is 7.12. The lowest BCUT2D eigenvalue weighted by molar-refractivity contribution is 0.0992. The Bertz CT molecular complexity index is 857. The van der Waals surface area contributed by atoms with E-state index in [4.69, 9.17) is 23.2 Å². The summed E-state index contributed by atoms with van der Waals surface area (Å²) in [5.41, 5.74) is 0.841. The highest BCUT2D eigenvalue weighted by molar-refractivity contribution is 7.92. The van der Waals surface area contributed by atoms with Crippen LogP contribution in [0.1, 0.15) is 29.4 Å². The van der Waals surface area contributed by atoms with Gasteiger partial charge < -0.3 is 0 Å². The average Bonchev–Trinajstić information content (AvgIpc) is 2.49. The van der Waals surface area contributed by atoms with Gasteiger partial charge in [-0.05, 0) is 36.2 Å². The monoisotopic (exact) mass is 387 g/mol. The van der Waals surface area contributed by atoms with E-state index in [1.54, 1.807) is 19.1 Å². The lowest BCUT2D eigenvalue weighted by Crippen LogP contribution is -2.17. The molecule has 0 aliphatic carbocycles. The summed E-state index contributed by atoms with van der Waals surface area (Å²) in [6, 6.07) is 6.18. The molecule has 0 aliphatic heterocycles. The Kier molecular flexibility index (Phi) is 6.15. The highest BCUT2D eigenvalue weighted by Crippen LogP contribution is 2.28. The van der Waals surface area contributed by atoms with Gasteiger partial charge in [-0.2, -0.15) is 0 Å². The Morgan fingerprint density at radius 2 is 2.00 bits per heavy atom. The van der Waals surface area contributed by atoms with Crippen molar-refractivity contribution in [1.29, 1.82) is 0 Å². The van der Waals surface area contributed by atoms with Crippen molar-refractivity contribution < 1.29 is 13.2 Å². The van der Waals surface area contributed by atoms with Gasteiger partial charge in [0.25, 0.3) is 0 Å². The number of nitrogens with zero attached hydrogens (tertiary/aromatic N) is 2. The van der Waals surface area contributed by atoms with Crippen molar-refractivity contribution in [2.45, 2.75) is 19.8 Å². The molecule has 0 aliphatic rings. The van der Waals surface area contributed by atoms with Crippen molar-refractivity contribution in [3.63, 3.8) is 0 Å². The van der Waals surface area contributed by atoms with Crippen LogP contribution in [0.25, 0.3) is 0 Å². The molecule has 0 atom stereocenters. The van der Waals surface area contributed by atoms with E-state index >= 15 is 0 Å². The Morgan fingerprint density at radius 1 is 1.25 bits per heavy atom. The molecule has 0 spiro atoms. The minimum Gasteiger partial charge on any atom is -0.294 e. The first-order chi connectivity index (χ1) is 11.3. The van der Waals surface area contributed by atoms with Crippen molar-refractivity contribution in [3.8, 4) is 0 Å². The van der Waals surface area contributed by atoms with Crippen LogP contribution in [0.5, 0.6) is 0 Å². The van der Waals surface area contributed by atoms with E-state index in [0.717, 1.165) is 0 Å². The molecular formula is C15H15Cl2N3O3S. The Morgan fingerprint density at radius 3 is 2.67 bits per heavy atom. The molecule has 0 unspecified atom stereocenters. The number of halogens is 2. The van der Waals surface area contributed by atoms with Crippen LogP contribution in [0.3, 0.4) is 0 Å². The fraction of sp³-hybridized carbons (Fsp3) is 0.267. The summed E-state index contributed by atoms with van der Waals surface area (Å²) in [4.78, 5) is 20.1. The predicted octanol–water partition coefficient (Wildman–Crippen LogP) is 3.36. The van der Waals surface area contributed by atoms with Crippen LogP contribution in [-0.4, -0.2) is 29.9 Å². The van der Waals surface area contributed by atoms with Gasteiger partial charge in [0.1, 0.15) is 0 Å². The predicted molar refractivity (Wildman–Crippen MR) is 94.2 cm³/mol. The van der Waals surface area contributed by atoms with E-state index in [1.807, 2.05) is 0 Å². The summed E-state index contributed by atoms with van der Waals surface area (Å²) in [6.45, 7) is 1.76. The second-order valence-electron chi connectivity index (χ2n) is 5.01. The van der Waals surface area contributed by atoms with Crippen LogP contribution in [0, 0.1) is 0 Å². The molecule has 1 aromatic heterocycles. The molecule has 1 aromatic carbocycles. The van der Waals surface area contributed by atoms with Gasteiger partial charge in [-0.1, -0.05) is 24.6 Å². The maximum atomic E-state index is 12.4. The van der Waals surface area contributed by atoms with Crippen LogP contribution < -0.4 is 4.72 Å². The Labute approximate surface area is 150 Å². The molecule has 128 valence electrons. The van der Waals surface area contributed by atoms with Crippen molar-refractivity contribution >= 4 is 44.7 Å². The Balaban J connectivity index is 2.25. The quantitative estimate of drug-likeness (QED) is 0.580. The minimum absolute atomic E-state index is 0.0207. The number of sulfonamides is 1. The highest BCUT2D eigenvalue weighted by atomic mass is 35.5. The molecule has 0 saturated heterocycles. The number of nitrogens with one attached hydrogen (secondary N) is 1. The van der Waals surface area contributed by atoms with E-state index in [2.05, 4.69) is 14.7 Å². The topological polar surface area (TPSA) is 89.0 Å². The molecule has 9 heteroatoms. The number of hydrogen-bond donors (Lipinski definition) is 1. The van der Waals surface area contributed by atoms with Gasteiger partial charge in [0.05, 0.1) is 28.6 Å². The number of carbonyl (C=O) groups is 1. The molecule has 0 saturated carbocycles. The maximum absolute atomic E-state index is 12.4. The SMILES string of the molecule is CCCS(=O)(=O)Nc1cccc(C(=O)Cc2ccnc(Cl)n2)c1Cl. The van der Waals surface area contributed by atoms with Crippen molar-refractivity contribution in [1.82, 2.24) is 9.97 Å². The lowest BCUT2D eigenvalue weighted by Gasteiger charge is -2.11. The third-order valence-electron chi connectivity index (χ3n) is 3.06. The lowest BCUT2D eigenvalue weighted by atomic mass is 10.1. The number of benzene rings is 1. The summed E-state index contributed by atoms with van der Waals surface area (Å²) >= 11 is 11.9. The summed E-state index contributed by atoms with van der Waals surface area (Å²) in [5.74, 6) is -0.327. The number of ketones is 1. The van der Waals surface area contributed by atoms with Gasteiger partial charge in [0, 0.05) is 11.8 Å². The summed E-state index contributed by atoms with van der Waals surface area (Å²) < 4.78 is 26.1. The van der Waals surface area contributed by atoms with Crippen molar-refractivity contribution in [2.75, 3.05) is 10.5 Å². The number of carbonyl (C=O) groups excluding carboxylic acids is 1. The second-order valence-corrected chi connectivity index (χ2v) is 7.56.